The van der Waals surface area contributed by atoms with Gasteiger partial charge in [0.05, 0.1) is 22.7 Å². The smallest absolute Gasteiger partial charge is 0.264 e. The molecule has 42 heavy (non-hydrogen) atoms. The van der Waals surface area contributed by atoms with Crippen molar-refractivity contribution >= 4 is 50.7 Å². The molecule has 0 heterocycles. The molecule has 1 N–H and O–H groups in total. The van der Waals surface area contributed by atoms with Crippen LogP contribution in [-0.2, 0) is 26.2 Å². The van der Waals surface area contributed by atoms with E-state index in [0.717, 1.165) is 28.3 Å². The number of carbonyl (C=O) groups is 2. The summed E-state index contributed by atoms with van der Waals surface area (Å²) in [5, 5.41) is 3.64. The minimum atomic E-state index is -4.22. The van der Waals surface area contributed by atoms with Crippen LogP contribution in [0.25, 0.3) is 0 Å². The molecule has 0 aliphatic heterocycles. The number of carbonyl (C=O) groups excluding carboxylic acids is 2. The van der Waals surface area contributed by atoms with Crippen molar-refractivity contribution in [3.8, 4) is 5.75 Å². The van der Waals surface area contributed by atoms with Crippen molar-refractivity contribution < 1.29 is 22.7 Å². The maximum Gasteiger partial charge on any atom is 0.264 e. The molecule has 226 valence electrons. The first kappa shape index (κ1) is 33.2. The number of nitrogens with one attached hydrogen (secondary N) is 1. The number of benzene rings is 3. The van der Waals surface area contributed by atoms with Crippen LogP contribution in [0.1, 0.15) is 44.2 Å². The van der Waals surface area contributed by atoms with Gasteiger partial charge in [-0.05, 0) is 67.8 Å². The molecule has 0 spiro atoms. The van der Waals surface area contributed by atoms with Crippen molar-refractivity contribution in [2.75, 3.05) is 24.5 Å². The number of anilines is 1. The van der Waals surface area contributed by atoms with E-state index in [4.69, 9.17) is 27.9 Å². The maximum absolute atomic E-state index is 14.1. The average molecular weight is 635 g/mol. The topological polar surface area (TPSA) is 96.0 Å². The predicted molar refractivity (Wildman–Crippen MR) is 168 cm³/mol. The molecule has 0 aliphatic rings. The number of hydrogen-bond donors (Lipinski definition) is 1. The maximum atomic E-state index is 14.1. The monoisotopic (exact) mass is 633 g/mol. The van der Waals surface area contributed by atoms with E-state index < -0.39 is 28.5 Å². The Balaban J connectivity index is 2.06. The molecule has 0 saturated heterocycles. The van der Waals surface area contributed by atoms with Crippen molar-refractivity contribution in [3.05, 3.63) is 87.9 Å². The van der Waals surface area contributed by atoms with Gasteiger partial charge in [-0.25, -0.2) is 8.42 Å². The van der Waals surface area contributed by atoms with Gasteiger partial charge in [-0.3, -0.25) is 13.9 Å². The van der Waals surface area contributed by atoms with Gasteiger partial charge in [-0.1, -0.05) is 73.3 Å². The van der Waals surface area contributed by atoms with Gasteiger partial charge in [-0.2, -0.15) is 0 Å². The first-order valence-electron chi connectivity index (χ1n) is 13.8. The number of halogens is 2. The van der Waals surface area contributed by atoms with Gasteiger partial charge in [0.15, 0.2) is 0 Å². The number of rotatable bonds is 14. The second-order valence-corrected chi connectivity index (χ2v) is 12.6. The highest BCUT2D eigenvalue weighted by molar-refractivity contribution is 7.92. The van der Waals surface area contributed by atoms with Gasteiger partial charge in [0.25, 0.3) is 10.0 Å². The Hall–Kier alpha value is -3.27. The lowest BCUT2D eigenvalue weighted by Gasteiger charge is -2.33. The van der Waals surface area contributed by atoms with Crippen LogP contribution in [0.15, 0.2) is 71.6 Å². The highest BCUT2D eigenvalue weighted by Gasteiger charge is 2.34. The molecule has 3 aromatic carbocycles. The van der Waals surface area contributed by atoms with Crippen LogP contribution in [-0.4, -0.2) is 51.4 Å². The fraction of sp³-hybridized carbons (Fsp3) is 0.355. The van der Waals surface area contributed by atoms with Crippen molar-refractivity contribution in [1.82, 2.24) is 10.2 Å². The molecular formula is C31H37Cl2N3O5S. The van der Waals surface area contributed by atoms with E-state index in [2.05, 4.69) is 5.32 Å². The van der Waals surface area contributed by atoms with E-state index in [0.29, 0.717) is 23.7 Å². The van der Waals surface area contributed by atoms with Crippen LogP contribution in [0.4, 0.5) is 5.69 Å². The quantitative estimate of drug-likeness (QED) is 0.212. The molecule has 8 nitrogen and oxygen atoms in total. The van der Waals surface area contributed by atoms with Crippen molar-refractivity contribution in [2.24, 2.45) is 0 Å². The van der Waals surface area contributed by atoms with E-state index in [-0.39, 0.29) is 28.1 Å². The standard InChI is InChI=1S/C31H37Cl2N3O5S/c1-5-7-18-34-31(38)28(6-2)35(20-23-10-12-24(32)13-11-23)30(37)21-36(25-14-17-29(41-4)27(33)19-25)42(39,40)26-15-8-22(3)9-16-26/h8-17,19,28H,5-7,18,20-21H2,1-4H3,(H,34,38)/t28-/m1/s1. The summed E-state index contributed by atoms with van der Waals surface area (Å²) in [6, 6.07) is 17.0. The van der Waals surface area contributed by atoms with Gasteiger partial charge in [-0.15, -0.1) is 0 Å². The summed E-state index contributed by atoms with van der Waals surface area (Å²) in [5.41, 5.74) is 1.81. The SMILES string of the molecule is CCCCNC(=O)[C@@H](CC)N(Cc1ccc(Cl)cc1)C(=O)CN(c1ccc(OC)c(Cl)c1)S(=O)(=O)c1ccc(C)cc1. The van der Waals surface area contributed by atoms with Crippen LogP contribution < -0.4 is 14.4 Å². The van der Waals surface area contributed by atoms with E-state index >= 15 is 0 Å². The highest BCUT2D eigenvalue weighted by Crippen LogP contribution is 2.32. The lowest BCUT2D eigenvalue weighted by Crippen LogP contribution is -2.52. The minimum Gasteiger partial charge on any atom is -0.495 e. The largest absolute Gasteiger partial charge is 0.495 e. The second-order valence-electron chi connectivity index (χ2n) is 9.86. The van der Waals surface area contributed by atoms with Crippen LogP contribution in [0.3, 0.4) is 0 Å². The van der Waals surface area contributed by atoms with Gasteiger partial charge in [0, 0.05) is 18.1 Å². The summed E-state index contributed by atoms with van der Waals surface area (Å²) in [4.78, 5) is 28.8. The Labute approximate surface area is 258 Å². The zero-order chi connectivity index (χ0) is 30.9. The molecule has 2 amide bonds. The fourth-order valence-electron chi connectivity index (χ4n) is 4.39. The molecule has 0 bridgehead atoms. The van der Waals surface area contributed by atoms with E-state index in [9.17, 15) is 18.0 Å². The van der Waals surface area contributed by atoms with Crippen molar-refractivity contribution in [2.45, 2.75) is 57.5 Å². The zero-order valence-electron chi connectivity index (χ0n) is 24.3. The Bertz CT molecular complexity index is 1460. The van der Waals surface area contributed by atoms with E-state index in [1.165, 1.54) is 36.3 Å². The number of aryl methyl sites for hydroxylation is 1. The molecule has 0 aromatic heterocycles. The van der Waals surface area contributed by atoms with Gasteiger partial charge in [0.1, 0.15) is 18.3 Å². The van der Waals surface area contributed by atoms with Crippen molar-refractivity contribution in [3.63, 3.8) is 0 Å². The highest BCUT2D eigenvalue weighted by atomic mass is 35.5. The first-order valence-corrected chi connectivity index (χ1v) is 16.0. The second kappa shape index (κ2) is 15.3. The minimum absolute atomic E-state index is 0.0152. The summed E-state index contributed by atoms with van der Waals surface area (Å²) < 4.78 is 34.3. The number of sulfonamides is 1. The van der Waals surface area contributed by atoms with Crippen LogP contribution in [0.5, 0.6) is 5.75 Å². The summed E-state index contributed by atoms with van der Waals surface area (Å²) in [7, 11) is -2.76. The fourth-order valence-corrected chi connectivity index (χ4v) is 6.17. The summed E-state index contributed by atoms with van der Waals surface area (Å²) in [5.74, 6) is -0.489. The molecule has 3 rings (SSSR count). The number of amides is 2. The zero-order valence-corrected chi connectivity index (χ0v) is 26.6. The van der Waals surface area contributed by atoms with Crippen LogP contribution >= 0.6 is 23.2 Å². The molecule has 0 radical (unpaired) electrons. The molecule has 0 fully saturated rings. The number of ether oxygens (including phenoxy) is 1. The molecule has 0 aliphatic carbocycles. The molecule has 1 atom stereocenters. The Morgan fingerprint density at radius 1 is 0.976 bits per heavy atom. The summed E-state index contributed by atoms with van der Waals surface area (Å²) in [6.45, 7) is 5.69. The first-order chi connectivity index (χ1) is 20.0. The lowest BCUT2D eigenvalue weighted by molar-refractivity contribution is -0.140. The Kier molecular flexibility index (Phi) is 12.1. The third-order valence-corrected chi connectivity index (χ3v) is 9.13. The van der Waals surface area contributed by atoms with Crippen LogP contribution in [0.2, 0.25) is 10.0 Å². The number of methoxy groups -OCH3 is 1. The van der Waals surface area contributed by atoms with Gasteiger partial charge >= 0.3 is 0 Å². The number of hydrogen-bond acceptors (Lipinski definition) is 5. The normalized spacial score (nSPS) is 12.0. The third-order valence-electron chi connectivity index (χ3n) is 6.79. The summed E-state index contributed by atoms with van der Waals surface area (Å²) >= 11 is 12.5. The number of nitrogens with zero attached hydrogens (tertiary/aromatic N) is 2. The number of unbranched alkanes of at least 4 members (excludes halogenated alkanes) is 1. The van der Waals surface area contributed by atoms with E-state index in [1.54, 1.807) is 42.5 Å². The van der Waals surface area contributed by atoms with Crippen LogP contribution in [0, 0.1) is 6.92 Å². The molecule has 0 saturated carbocycles. The van der Waals surface area contributed by atoms with Gasteiger partial charge < -0.3 is 15.0 Å². The molecule has 11 heteroatoms. The molecular weight excluding hydrogens is 597 g/mol. The predicted octanol–water partition coefficient (Wildman–Crippen LogP) is 6.23. The average Bonchev–Trinajstić information content (AvgIpc) is 2.97. The Morgan fingerprint density at radius 2 is 1.64 bits per heavy atom. The van der Waals surface area contributed by atoms with Crippen molar-refractivity contribution in [1.29, 1.82) is 0 Å². The molecule has 0 unspecified atom stereocenters. The van der Waals surface area contributed by atoms with Gasteiger partial charge in [0.2, 0.25) is 11.8 Å². The Morgan fingerprint density at radius 3 is 2.21 bits per heavy atom. The van der Waals surface area contributed by atoms with E-state index in [1.807, 2.05) is 20.8 Å². The molecule has 3 aromatic rings. The summed E-state index contributed by atoms with van der Waals surface area (Å²) in [6.07, 6.45) is 2.03. The third kappa shape index (κ3) is 8.40. The lowest BCUT2D eigenvalue weighted by atomic mass is 10.1.